The van der Waals surface area contributed by atoms with Crippen LogP contribution in [0.25, 0.3) is 0 Å². The number of benzene rings is 1. The number of likely N-dealkylation sites (tertiary alicyclic amines) is 1. The lowest BCUT2D eigenvalue weighted by Crippen LogP contribution is -2.50. The number of hydrogen-bond acceptors (Lipinski definition) is 7. The van der Waals surface area contributed by atoms with E-state index in [9.17, 15) is 14.4 Å². The van der Waals surface area contributed by atoms with E-state index in [4.69, 9.17) is 4.74 Å². The number of hydrogen-bond donors (Lipinski definition) is 0. The first kappa shape index (κ1) is 23.0. The number of amides is 3. The summed E-state index contributed by atoms with van der Waals surface area (Å²) < 4.78 is 5.27. The molecule has 0 unspecified atom stereocenters. The second-order valence-corrected chi connectivity index (χ2v) is 10.5. The molecule has 3 fully saturated rings. The molecule has 1 atom stereocenters. The SMILES string of the molecule is COc1ccc([C@@]2(CC(=O)N3CCN(Cc4csc(C)n4)CC3)CC(=O)N(C3CC3)C2=O)cc1. The number of piperazine rings is 1. The molecule has 1 saturated carbocycles. The van der Waals surface area contributed by atoms with Crippen LogP contribution in [-0.2, 0) is 26.3 Å². The molecule has 2 saturated heterocycles. The maximum atomic E-state index is 13.6. The van der Waals surface area contributed by atoms with Gasteiger partial charge in [-0.15, -0.1) is 11.3 Å². The van der Waals surface area contributed by atoms with Gasteiger partial charge in [0.2, 0.25) is 17.7 Å². The summed E-state index contributed by atoms with van der Waals surface area (Å²) in [6.07, 6.45) is 1.76. The molecule has 3 amide bonds. The molecule has 0 radical (unpaired) electrons. The second-order valence-electron chi connectivity index (χ2n) is 9.48. The number of aryl methyl sites for hydroxylation is 1. The quantitative estimate of drug-likeness (QED) is 0.564. The van der Waals surface area contributed by atoms with E-state index in [-0.39, 0.29) is 36.6 Å². The zero-order valence-corrected chi connectivity index (χ0v) is 20.5. The average molecular weight is 483 g/mol. The first-order valence-corrected chi connectivity index (χ1v) is 12.7. The van der Waals surface area contributed by atoms with E-state index in [0.29, 0.717) is 24.4 Å². The summed E-state index contributed by atoms with van der Waals surface area (Å²) in [5, 5.41) is 3.14. The van der Waals surface area contributed by atoms with Gasteiger partial charge in [-0.1, -0.05) is 12.1 Å². The lowest BCUT2D eigenvalue weighted by atomic mass is 9.75. The van der Waals surface area contributed by atoms with Crippen molar-refractivity contribution in [3.63, 3.8) is 0 Å². The molecule has 2 aliphatic heterocycles. The van der Waals surface area contributed by atoms with E-state index < -0.39 is 5.41 Å². The van der Waals surface area contributed by atoms with Crippen molar-refractivity contribution in [3.05, 3.63) is 45.9 Å². The fraction of sp³-hybridized carbons (Fsp3) is 0.520. The van der Waals surface area contributed by atoms with E-state index >= 15 is 0 Å². The van der Waals surface area contributed by atoms with Gasteiger partial charge in [0.05, 0.1) is 23.2 Å². The molecule has 34 heavy (non-hydrogen) atoms. The van der Waals surface area contributed by atoms with Crippen LogP contribution in [0, 0.1) is 6.92 Å². The number of nitrogens with zero attached hydrogens (tertiary/aromatic N) is 4. The Kier molecular flexibility index (Phi) is 6.16. The first-order valence-electron chi connectivity index (χ1n) is 11.8. The highest BCUT2D eigenvalue weighted by molar-refractivity contribution is 7.09. The highest BCUT2D eigenvalue weighted by atomic mass is 32.1. The second kappa shape index (κ2) is 9.11. The van der Waals surface area contributed by atoms with Gasteiger partial charge in [0.25, 0.3) is 0 Å². The maximum absolute atomic E-state index is 13.6. The number of aromatic nitrogens is 1. The van der Waals surface area contributed by atoms with Crippen molar-refractivity contribution in [1.29, 1.82) is 0 Å². The summed E-state index contributed by atoms with van der Waals surface area (Å²) in [5.41, 5.74) is 0.634. The monoisotopic (exact) mass is 482 g/mol. The number of thiazole rings is 1. The normalized spacial score (nSPS) is 23.6. The Labute approximate surface area is 203 Å². The first-order chi connectivity index (χ1) is 16.4. The summed E-state index contributed by atoms with van der Waals surface area (Å²) in [7, 11) is 1.59. The molecular weight excluding hydrogens is 452 g/mol. The predicted molar refractivity (Wildman–Crippen MR) is 127 cm³/mol. The Bertz CT molecular complexity index is 1090. The number of carbonyl (C=O) groups excluding carboxylic acids is 3. The third-order valence-corrected chi connectivity index (χ3v) is 7.96. The summed E-state index contributed by atoms with van der Waals surface area (Å²) in [5.74, 6) is 0.210. The minimum atomic E-state index is -1.14. The summed E-state index contributed by atoms with van der Waals surface area (Å²) in [4.78, 5) is 50.1. The van der Waals surface area contributed by atoms with Crippen LogP contribution < -0.4 is 4.74 Å². The Morgan fingerprint density at radius 2 is 1.85 bits per heavy atom. The van der Waals surface area contributed by atoms with Crippen molar-refractivity contribution in [2.24, 2.45) is 0 Å². The molecule has 1 aromatic carbocycles. The molecular formula is C25H30N4O4S. The van der Waals surface area contributed by atoms with Crippen molar-refractivity contribution >= 4 is 29.1 Å². The molecule has 3 heterocycles. The van der Waals surface area contributed by atoms with Crippen LogP contribution in [0.15, 0.2) is 29.6 Å². The molecule has 3 aliphatic rings. The lowest BCUT2D eigenvalue weighted by Gasteiger charge is -2.36. The molecule has 1 aromatic heterocycles. The van der Waals surface area contributed by atoms with Crippen LogP contribution in [0.3, 0.4) is 0 Å². The minimum Gasteiger partial charge on any atom is -0.497 e. The smallest absolute Gasteiger partial charge is 0.241 e. The van der Waals surface area contributed by atoms with E-state index in [1.54, 1.807) is 30.6 Å². The molecule has 180 valence electrons. The number of ether oxygens (including phenoxy) is 1. The Hall–Kier alpha value is -2.78. The van der Waals surface area contributed by atoms with Gasteiger partial charge in [-0.3, -0.25) is 24.2 Å². The van der Waals surface area contributed by atoms with Gasteiger partial charge >= 0.3 is 0 Å². The fourth-order valence-electron chi connectivity index (χ4n) is 5.08. The topological polar surface area (TPSA) is 83.1 Å². The largest absolute Gasteiger partial charge is 0.497 e. The van der Waals surface area contributed by atoms with Gasteiger partial charge in [-0.2, -0.15) is 0 Å². The predicted octanol–water partition coefficient (Wildman–Crippen LogP) is 2.35. The molecule has 0 N–H and O–H groups in total. The van der Waals surface area contributed by atoms with Gasteiger partial charge in [0.1, 0.15) is 5.75 Å². The van der Waals surface area contributed by atoms with E-state index in [1.165, 1.54) is 4.90 Å². The third-order valence-electron chi connectivity index (χ3n) is 7.13. The third kappa shape index (κ3) is 4.34. The van der Waals surface area contributed by atoms with Crippen molar-refractivity contribution in [3.8, 4) is 5.75 Å². The highest BCUT2D eigenvalue weighted by Gasteiger charge is 2.57. The molecule has 1 aliphatic carbocycles. The van der Waals surface area contributed by atoms with Crippen LogP contribution >= 0.6 is 11.3 Å². The maximum Gasteiger partial charge on any atom is 0.241 e. The molecule has 8 nitrogen and oxygen atoms in total. The summed E-state index contributed by atoms with van der Waals surface area (Å²) in [6, 6.07) is 7.21. The van der Waals surface area contributed by atoms with Gasteiger partial charge in [0, 0.05) is 57.0 Å². The zero-order valence-electron chi connectivity index (χ0n) is 19.7. The minimum absolute atomic E-state index is 0.00637. The lowest BCUT2D eigenvalue weighted by molar-refractivity contribution is -0.143. The van der Waals surface area contributed by atoms with E-state index in [0.717, 1.165) is 43.2 Å². The van der Waals surface area contributed by atoms with Crippen LogP contribution in [0.4, 0.5) is 0 Å². The van der Waals surface area contributed by atoms with Crippen LogP contribution in [0.2, 0.25) is 0 Å². The Morgan fingerprint density at radius 1 is 1.15 bits per heavy atom. The number of carbonyl (C=O) groups is 3. The number of rotatable bonds is 7. The Morgan fingerprint density at radius 3 is 2.44 bits per heavy atom. The molecule has 2 aromatic rings. The fourth-order valence-corrected chi connectivity index (χ4v) is 5.68. The van der Waals surface area contributed by atoms with Crippen LogP contribution in [0.5, 0.6) is 5.75 Å². The average Bonchev–Trinajstić information content (AvgIpc) is 3.53. The van der Waals surface area contributed by atoms with Crippen molar-refractivity contribution in [2.75, 3.05) is 33.3 Å². The van der Waals surface area contributed by atoms with E-state index in [1.807, 2.05) is 24.0 Å². The van der Waals surface area contributed by atoms with Crippen LogP contribution in [-0.4, -0.2) is 76.7 Å². The van der Waals surface area contributed by atoms with Gasteiger partial charge < -0.3 is 9.64 Å². The van der Waals surface area contributed by atoms with E-state index in [2.05, 4.69) is 15.3 Å². The molecule has 0 bridgehead atoms. The zero-order chi connectivity index (χ0) is 23.9. The van der Waals surface area contributed by atoms with Crippen LogP contribution in [0.1, 0.15) is 41.9 Å². The molecule has 5 rings (SSSR count). The summed E-state index contributed by atoms with van der Waals surface area (Å²) >= 11 is 1.65. The highest BCUT2D eigenvalue weighted by Crippen LogP contribution is 2.44. The molecule has 9 heteroatoms. The van der Waals surface area contributed by atoms with Gasteiger partial charge in [0.15, 0.2) is 0 Å². The van der Waals surface area contributed by atoms with Crippen molar-refractivity contribution in [1.82, 2.24) is 19.7 Å². The van der Waals surface area contributed by atoms with Crippen molar-refractivity contribution < 1.29 is 19.1 Å². The number of methoxy groups -OCH3 is 1. The Balaban J connectivity index is 1.31. The molecule has 0 spiro atoms. The number of imide groups is 1. The summed E-state index contributed by atoms with van der Waals surface area (Å²) in [6.45, 7) is 5.52. The van der Waals surface area contributed by atoms with Gasteiger partial charge in [-0.05, 0) is 37.5 Å². The standard InChI is InChI=1S/C25H30N4O4S/c1-17-26-19(16-34-17)15-27-9-11-28(12-10-27)22(30)13-25(18-3-7-21(33-2)8-4-18)14-23(31)29(24(25)32)20-5-6-20/h3-4,7-8,16,20H,5-6,9-15H2,1-2H3/t25-/m1/s1. The van der Waals surface area contributed by atoms with Gasteiger partial charge in [-0.25, -0.2) is 4.98 Å². The van der Waals surface area contributed by atoms with Crippen molar-refractivity contribution in [2.45, 2.75) is 50.6 Å².